The third-order valence-corrected chi connectivity index (χ3v) is 2.92. The van der Waals surface area contributed by atoms with Gasteiger partial charge in [0.05, 0.1) is 6.61 Å². The van der Waals surface area contributed by atoms with Gasteiger partial charge in [0.15, 0.2) is 0 Å². The van der Waals surface area contributed by atoms with Gasteiger partial charge in [-0.15, -0.1) is 0 Å². The van der Waals surface area contributed by atoms with Crippen molar-refractivity contribution >= 4 is 29.1 Å². The lowest BCUT2D eigenvalue weighted by molar-refractivity contribution is -0.142. The summed E-state index contributed by atoms with van der Waals surface area (Å²) in [5.41, 5.74) is 0.518. The van der Waals surface area contributed by atoms with Crippen molar-refractivity contribution in [1.82, 2.24) is 10.6 Å². The Balaban J connectivity index is 2.27. The van der Waals surface area contributed by atoms with Crippen LogP contribution in [0.2, 0.25) is 0 Å². The topological polar surface area (TPSA) is 116 Å². The molecule has 0 spiro atoms. The number of hydrogen-bond acceptors (Lipinski definition) is 5. The largest absolute Gasteiger partial charge is 0.480 e. The molecule has 1 aromatic heterocycles. The second kappa shape index (κ2) is 7.49. The Morgan fingerprint density at radius 1 is 1.37 bits per heavy atom. The van der Waals surface area contributed by atoms with Gasteiger partial charge in [-0.05, 0) is 11.4 Å². The van der Waals surface area contributed by atoms with E-state index in [4.69, 9.17) is 10.2 Å². The molecule has 1 rings (SSSR count). The second-order valence-corrected chi connectivity index (χ2v) is 4.44. The predicted octanol–water partition coefficient (Wildman–Crippen LogP) is -0.570. The third kappa shape index (κ3) is 5.06. The van der Waals surface area contributed by atoms with E-state index in [1.807, 2.05) is 0 Å². The van der Waals surface area contributed by atoms with Crippen LogP contribution in [0.1, 0.15) is 16.8 Å². The molecule has 0 radical (unpaired) electrons. The monoisotopic (exact) mass is 286 g/mol. The zero-order valence-corrected chi connectivity index (χ0v) is 10.8. The van der Waals surface area contributed by atoms with Crippen LogP contribution >= 0.6 is 11.3 Å². The van der Waals surface area contributed by atoms with Crippen LogP contribution in [0.15, 0.2) is 16.8 Å². The number of nitrogens with one attached hydrogen (secondary N) is 2. The Hall–Kier alpha value is -1.93. The van der Waals surface area contributed by atoms with Gasteiger partial charge in [-0.3, -0.25) is 9.59 Å². The fourth-order valence-electron chi connectivity index (χ4n) is 1.24. The molecule has 1 atom stereocenters. The number of aliphatic hydroxyl groups excluding tert-OH is 1. The van der Waals surface area contributed by atoms with Crippen LogP contribution in [0.25, 0.3) is 0 Å². The van der Waals surface area contributed by atoms with E-state index in [1.54, 1.807) is 16.8 Å². The molecule has 7 nitrogen and oxygen atoms in total. The van der Waals surface area contributed by atoms with Crippen molar-refractivity contribution in [2.75, 3.05) is 13.2 Å². The van der Waals surface area contributed by atoms with Crippen molar-refractivity contribution in [2.24, 2.45) is 0 Å². The number of carboxylic acid groups (broad SMARTS) is 1. The van der Waals surface area contributed by atoms with Crippen LogP contribution in [0.3, 0.4) is 0 Å². The van der Waals surface area contributed by atoms with E-state index in [0.29, 0.717) is 5.56 Å². The summed E-state index contributed by atoms with van der Waals surface area (Å²) in [5.74, 6) is -2.14. The molecule has 2 amide bonds. The summed E-state index contributed by atoms with van der Waals surface area (Å²) >= 11 is 1.39. The van der Waals surface area contributed by atoms with Gasteiger partial charge < -0.3 is 20.8 Å². The predicted molar refractivity (Wildman–Crippen MR) is 67.9 cm³/mol. The Bertz CT molecular complexity index is 446. The summed E-state index contributed by atoms with van der Waals surface area (Å²) < 4.78 is 0. The third-order valence-electron chi connectivity index (χ3n) is 2.24. The number of aliphatic carboxylic acids is 1. The van der Waals surface area contributed by atoms with Gasteiger partial charge in [-0.1, -0.05) is 0 Å². The Morgan fingerprint density at radius 2 is 2.11 bits per heavy atom. The number of amides is 2. The van der Waals surface area contributed by atoms with Crippen molar-refractivity contribution in [3.63, 3.8) is 0 Å². The van der Waals surface area contributed by atoms with E-state index in [-0.39, 0.29) is 18.9 Å². The highest BCUT2D eigenvalue weighted by Gasteiger charge is 2.18. The van der Waals surface area contributed by atoms with Crippen molar-refractivity contribution in [2.45, 2.75) is 12.5 Å². The summed E-state index contributed by atoms with van der Waals surface area (Å²) in [6.07, 6.45) is -0.0559. The molecule has 0 saturated carbocycles. The Labute approximate surface area is 113 Å². The van der Waals surface area contributed by atoms with Crippen LogP contribution in [-0.2, 0) is 9.59 Å². The zero-order chi connectivity index (χ0) is 14.3. The fourth-order valence-corrected chi connectivity index (χ4v) is 1.87. The smallest absolute Gasteiger partial charge is 0.328 e. The van der Waals surface area contributed by atoms with Crippen LogP contribution < -0.4 is 10.6 Å². The highest BCUT2D eigenvalue weighted by Crippen LogP contribution is 2.04. The van der Waals surface area contributed by atoms with Crippen LogP contribution in [0.4, 0.5) is 0 Å². The summed E-state index contributed by atoms with van der Waals surface area (Å²) in [7, 11) is 0. The summed E-state index contributed by atoms with van der Waals surface area (Å²) in [6, 6.07) is 0.340. The normalized spacial score (nSPS) is 11.6. The maximum Gasteiger partial charge on any atom is 0.328 e. The number of carbonyl (C=O) groups excluding carboxylic acids is 2. The number of carbonyl (C=O) groups is 3. The first-order valence-corrected chi connectivity index (χ1v) is 6.42. The van der Waals surface area contributed by atoms with E-state index in [9.17, 15) is 14.4 Å². The molecule has 0 bridgehead atoms. The van der Waals surface area contributed by atoms with E-state index in [2.05, 4.69) is 10.6 Å². The molecule has 19 heavy (non-hydrogen) atoms. The number of aliphatic hydroxyl groups is 1. The van der Waals surface area contributed by atoms with E-state index >= 15 is 0 Å². The Kier molecular flexibility index (Phi) is 5.97. The van der Waals surface area contributed by atoms with E-state index in [1.165, 1.54) is 11.3 Å². The molecule has 0 aliphatic heterocycles. The minimum atomic E-state index is -1.32. The second-order valence-electron chi connectivity index (χ2n) is 3.66. The number of rotatable bonds is 7. The van der Waals surface area contributed by atoms with Gasteiger partial charge in [0.25, 0.3) is 5.91 Å². The number of thiophene rings is 1. The van der Waals surface area contributed by atoms with E-state index in [0.717, 1.165) is 0 Å². The first-order chi connectivity index (χ1) is 9.04. The summed E-state index contributed by atoms with van der Waals surface area (Å²) in [6.45, 7) is -0.583. The highest BCUT2D eigenvalue weighted by molar-refractivity contribution is 7.08. The van der Waals surface area contributed by atoms with Gasteiger partial charge in [-0.25, -0.2) is 4.79 Å². The average Bonchev–Trinajstić information content (AvgIpc) is 2.89. The van der Waals surface area contributed by atoms with Crippen LogP contribution in [-0.4, -0.2) is 47.2 Å². The zero-order valence-electron chi connectivity index (χ0n) is 9.96. The van der Waals surface area contributed by atoms with E-state index < -0.39 is 24.5 Å². The highest BCUT2D eigenvalue weighted by atomic mass is 32.1. The molecular weight excluding hydrogens is 272 g/mol. The molecule has 1 heterocycles. The molecule has 8 heteroatoms. The van der Waals surface area contributed by atoms with Crippen molar-refractivity contribution in [3.8, 4) is 0 Å². The van der Waals surface area contributed by atoms with Gasteiger partial charge in [0.1, 0.15) is 6.04 Å². The standard InChI is InChI=1S/C11H14N2O5S/c14-5-8(11(17)18)13-9(15)1-3-12-10(16)7-2-4-19-6-7/h2,4,6,8,14H,1,3,5H2,(H,12,16)(H,13,15)(H,17,18). The number of hydrogen-bond donors (Lipinski definition) is 4. The molecule has 0 aromatic carbocycles. The SMILES string of the molecule is O=C(CCNC(=O)c1ccsc1)NC(CO)C(=O)O. The minimum absolute atomic E-state index is 0.0559. The average molecular weight is 286 g/mol. The van der Waals surface area contributed by atoms with Crippen molar-refractivity contribution in [3.05, 3.63) is 22.4 Å². The first-order valence-electron chi connectivity index (χ1n) is 5.48. The molecule has 104 valence electrons. The molecule has 1 unspecified atom stereocenters. The quantitative estimate of drug-likeness (QED) is 0.536. The maximum absolute atomic E-state index is 11.5. The molecule has 4 N–H and O–H groups in total. The summed E-state index contributed by atoms with van der Waals surface area (Å²) in [4.78, 5) is 33.4. The molecule has 0 saturated heterocycles. The van der Waals surface area contributed by atoms with Crippen LogP contribution in [0, 0.1) is 0 Å². The number of carboxylic acids is 1. The minimum Gasteiger partial charge on any atom is -0.480 e. The fraction of sp³-hybridized carbons (Fsp3) is 0.364. The van der Waals surface area contributed by atoms with Crippen molar-refractivity contribution in [1.29, 1.82) is 0 Å². The first kappa shape index (κ1) is 15.1. The molecule has 0 fully saturated rings. The van der Waals surface area contributed by atoms with Crippen molar-refractivity contribution < 1.29 is 24.6 Å². The van der Waals surface area contributed by atoms with Gasteiger partial charge in [0, 0.05) is 23.9 Å². The summed E-state index contributed by atoms with van der Waals surface area (Å²) in [5, 5.41) is 25.5. The maximum atomic E-state index is 11.5. The molecule has 0 aliphatic carbocycles. The van der Waals surface area contributed by atoms with Gasteiger partial charge in [-0.2, -0.15) is 11.3 Å². The lowest BCUT2D eigenvalue weighted by Gasteiger charge is -2.11. The van der Waals surface area contributed by atoms with Gasteiger partial charge in [0.2, 0.25) is 5.91 Å². The Morgan fingerprint density at radius 3 is 2.63 bits per heavy atom. The molecular formula is C11H14N2O5S. The lowest BCUT2D eigenvalue weighted by atomic mass is 10.3. The molecule has 0 aliphatic rings. The van der Waals surface area contributed by atoms with Gasteiger partial charge >= 0.3 is 5.97 Å². The lowest BCUT2D eigenvalue weighted by Crippen LogP contribution is -2.44. The molecule has 1 aromatic rings. The van der Waals surface area contributed by atoms with Crippen LogP contribution in [0.5, 0.6) is 0 Å².